The summed E-state index contributed by atoms with van der Waals surface area (Å²) in [6.07, 6.45) is 0. The molecule has 0 unspecified atom stereocenters. The summed E-state index contributed by atoms with van der Waals surface area (Å²) in [5.41, 5.74) is -0.668. The third kappa shape index (κ3) is 3.98. The minimum absolute atomic E-state index is 0.0702. The first-order valence-electron chi connectivity index (χ1n) is 6.08. The number of anilines is 1. The molecule has 2 aromatic carbocycles. The first-order chi connectivity index (χ1) is 10.5. The molecule has 114 valence electrons. The molecule has 0 heterocycles. The summed E-state index contributed by atoms with van der Waals surface area (Å²) < 4.78 is 30.9. The Morgan fingerprint density at radius 1 is 1.18 bits per heavy atom. The maximum atomic E-state index is 13.2. The maximum absolute atomic E-state index is 13.2. The van der Waals surface area contributed by atoms with E-state index in [1.807, 2.05) is 0 Å². The minimum atomic E-state index is -0.995. The van der Waals surface area contributed by atoms with Gasteiger partial charge in [-0.1, -0.05) is 0 Å². The van der Waals surface area contributed by atoms with Crippen molar-refractivity contribution in [3.05, 3.63) is 64.2 Å². The summed E-state index contributed by atoms with van der Waals surface area (Å²) in [4.78, 5) is 21.4. The number of nitrogens with one attached hydrogen (secondary N) is 1. The lowest BCUT2D eigenvalue weighted by Crippen LogP contribution is -2.20. The number of carbonyl (C=O) groups is 1. The second kappa shape index (κ2) is 6.61. The molecule has 6 nitrogen and oxygen atoms in total. The fraction of sp³-hybridized carbons (Fsp3) is 0.0714. The Morgan fingerprint density at radius 3 is 2.50 bits per heavy atom. The van der Waals surface area contributed by atoms with E-state index in [4.69, 9.17) is 4.74 Å². The Bertz CT molecular complexity index is 704. The Morgan fingerprint density at radius 2 is 1.86 bits per heavy atom. The highest BCUT2D eigenvalue weighted by Gasteiger charge is 2.15. The third-order valence-electron chi connectivity index (χ3n) is 2.61. The van der Waals surface area contributed by atoms with E-state index in [-0.39, 0.29) is 12.3 Å². The van der Waals surface area contributed by atoms with Crippen LogP contribution in [0.5, 0.6) is 5.75 Å². The van der Waals surface area contributed by atoms with Crippen LogP contribution in [0.25, 0.3) is 0 Å². The molecule has 22 heavy (non-hydrogen) atoms. The molecule has 0 spiro atoms. The van der Waals surface area contributed by atoms with Gasteiger partial charge in [0, 0.05) is 11.8 Å². The zero-order valence-corrected chi connectivity index (χ0v) is 11.1. The number of rotatable bonds is 5. The van der Waals surface area contributed by atoms with Crippen molar-refractivity contribution >= 4 is 17.3 Å². The van der Waals surface area contributed by atoms with Crippen LogP contribution >= 0.6 is 0 Å². The standard InChI is InChI=1S/C14H10F2N2O4/c15-9-1-4-11(5-2-9)22-8-14(19)17-10-3-6-12(16)13(7-10)18(20)21/h1-7H,8H2,(H,17,19). The average molecular weight is 308 g/mol. The van der Waals surface area contributed by atoms with Gasteiger partial charge in [0.1, 0.15) is 11.6 Å². The van der Waals surface area contributed by atoms with Gasteiger partial charge in [-0.05, 0) is 36.4 Å². The summed E-state index contributed by atoms with van der Waals surface area (Å²) >= 11 is 0. The molecule has 0 aliphatic rings. The van der Waals surface area contributed by atoms with Crippen LogP contribution in [0.4, 0.5) is 20.2 Å². The molecule has 2 rings (SSSR count). The molecule has 0 radical (unpaired) electrons. The Hall–Kier alpha value is -3.03. The lowest BCUT2D eigenvalue weighted by molar-refractivity contribution is -0.387. The van der Waals surface area contributed by atoms with Gasteiger partial charge >= 0.3 is 5.69 Å². The molecule has 2 aromatic rings. The van der Waals surface area contributed by atoms with Crippen molar-refractivity contribution in [2.24, 2.45) is 0 Å². The van der Waals surface area contributed by atoms with Crippen molar-refractivity contribution in [3.63, 3.8) is 0 Å². The largest absolute Gasteiger partial charge is 0.484 e. The number of nitro groups is 1. The van der Waals surface area contributed by atoms with E-state index in [0.717, 1.165) is 12.1 Å². The quantitative estimate of drug-likeness (QED) is 0.680. The minimum Gasteiger partial charge on any atom is -0.484 e. The molecule has 0 aromatic heterocycles. The third-order valence-corrected chi connectivity index (χ3v) is 2.61. The predicted molar refractivity (Wildman–Crippen MR) is 73.6 cm³/mol. The molecule has 0 aliphatic heterocycles. The van der Waals surface area contributed by atoms with E-state index in [1.54, 1.807) is 0 Å². The van der Waals surface area contributed by atoms with Gasteiger partial charge in [0.05, 0.1) is 4.92 Å². The SMILES string of the molecule is O=C(COc1ccc(F)cc1)Nc1ccc(F)c([N+](=O)[O-])c1. The second-order valence-electron chi connectivity index (χ2n) is 4.21. The smallest absolute Gasteiger partial charge is 0.306 e. The Balaban J connectivity index is 1.96. The van der Waals surface area contributed by atoms with Gasteiger partial charge in [-0.15, -0.1) is 0 Å². The predicted octanol–water partition coefficient (Wildman–Crippen LogP) is 2.89. The number of nitrogens with zero attached hydrogens (tertiary/aromatic N) is 1. The molecular weight excluding hydrogens is 298 g/mol. The van der Waals surface area contributed by atoms with Crippen LogP contribution in [-0.4, -0.2) is 17.4 Å². The highest BCUT2D eigenvalue weighted by molar-refractivity contribution is 5.92. The Kier molecular flexibility index (Phi) is 4.62. The first kappa shape index (κ1) is 15.4. The highest BCUT2D eigenvalue weighted by atomic mass is 19.1. The molecule has 1 N–H and O–H groups in total. The van der Waals surface area contributed by atoms with E-state index in [1.165, 1.54) is 30.3 Å². The van der Waals surface area contributed by atoms with Gasteiger partial charge in [0.25, 0.3) is 5.91 Å². The fourth-order valence-electron chi connectivity index (χ4n) is 1.61. The van der Waals surface area contributed by atoms with Crippen LogP contribution in [0.3, 0.4) is 0 Å². The molecular formula is C14H10F2N2O4. The zero-order chi connectivity index (χ0) is 16.1. The van der Waals surface area contributed by atoms with Crippen molar-refractivity contribution in [3.8, 4) is 5.75 Å². The summed E-state index contributed by atoms with van der Waals surface area (Å²) in [7, 11) is 0. The van der Waals surface area contributed by atoms with Crippen LogP contribution in [0.15, 0.2) is 42.5 Å². The first-order valence-corrected chi connectivity index (χ1v) is 6.08. The van der Waals surface area contributed by atoms with Crippen LogP contribution in [0.1, 0.15) is 0 Å². The molecule has 0 bridgehead atoms. The molecule has 8 heteroatoms. The number of hydrogen-bond donors (Lipinski definition) is 1. The number of carbonyl (C=O) groups excluding carboxylic acids is 1. The lowest BCUT2D eigenvalue weighted by Gasteiger charge is -2.07. The second-order valence-corrected chi connectivity index (χ2v) is 4.21. The van der Waals surface area contributed by atoms with Gasteiger partial charge in [0.2, 0.25) is 5.82 Å². The van der Waals surface area contributed by atoms with E-state index < -0.39 is 28.2 Å². The van der Waals surface area contributed by atoms with E-state index >= 15 is 0 Å². The molecule has 0 aliphatic carbocycles. The van der Waals surface area contributed by atoms with Crippen LogP contribution in [0.2, 0.25) is 0 Å². The molecule has 0 fully saturated rings. The van der Waals surface area contributed by atoms with Crippen LogP contribution in [0, 0.1) is 21.7 Å². The summed E-state index contributed by atoms with van der Waals surface area (Å²) in [5, 5.41) is 12.9. The number of hydrogen-bond acceptors (Lipinski definition) is 4. The van der Waals surface area contributed by atoms with E-state index in [2.05, 4.69) is 5.32 Å². The summed E-state index contributed by atoms with van der Waals surface area (Å²) in [5.74, 6) is -1.73. The summed E-state index contributed by atoms with van der Waals surface area (Å²) in [6, 6.07) is 8.04. The van der Waals surface area contributed by atoms with Crippen molar-refractivity contribution in [2.45, 2.75) is 0 Å². The monoisotopic (exact) mass is 308 g/mol. The van der Waals surface area contributed by atoms with Crippen molar-refractivity contribution in [1.82, 2.24) is 0 Å². The number of halogens is 2. The number of amides is 1. The number of nitro benzene ring substituents is 1. The lowest BCUT2D eigenvalue weighted by atomic mass is 10.2. The van der Waals surface area contributed by atoms with Gasteiger partial charge in [-0.3, -0.25) is 14.9 Å². The van der Waals surface area contributed by atoms with Gasteiger partial charge < -0.3 is 10.1 Å². The van der Waals surface area contributed by atoms with Crippen LogP contribution in [-0.2, 0) is 4.79 Å². The van der Waals surface area contributed by atoms with Crippen molar-refractivity contribution < 1.29 is 23.2 Å². The van der Waals surface area contributed by atoms with E-state index in [0.29, 0.717) is 5.75 Å². The average Bonchev–Trinajstić information content (AvgIpc) is 2.48. The van der Waals surface area contributed by atoms with Crippen molar-refractivity contribution in [1.29, 1.82) is 0 Å². The molecule has 0 saturated carbocycles. The zero-order valence-electron chi connectivity index (χ0n) is 11.1. The van der Waals surface area contributed by atoms with Gasteiger partial charge in [-0.2, -0.15) is 4.39 Å². The summed E-state index contributed by atoms with van der Waals surface area (Å²) in [6.45, 7) is -0.378. The highest BCUT2D eigenvalue weighted by Crippen LogP contribution is 2.21. The molecule has 0 atom stereocenters. The Labute approximate surface area is 123 Å². The molecule has 0 saturated heterocycles. The van der Waals surface area contributed by atoms with Crippen molar-refractivity contribution in [2.75, 3.05) is 11.9 Å². The number of ether oxygens (including phenoxy) is 1. The van der Waals surface area contributed by atoms with Gasteiger partial charge in [-0.25, -0.2) is 4.39 Å². The number of benzene rings is 2. The normalized spacial score (nSPS) is 10.1. The van der Waals surface area contributed by atoms with Crippen LogP contribution < -0.4 is 10.1 Å². The van der Waals surface area contributed by atoms with Gasteiger partial charge in [0.15, 0.2) is 6.61 Å². The maximum Gasteiger partial charge on any atom is 0.306 e. The fourth-order valence-corrected chi connectivity index (χ4v) is 1.61. The molecule has 1 amide bonds. The van der Waals surface area contributed by atoms with E-state index in [9.17, 15) is 23.7 Å². The topological polar surface area (TPSA) is 81.5 Å².